The molecule has 2 heteroatoms. The van der Waals surface area contributed by atoms with E-state index in [-0.39, 0.29) is 11.2 Å². The number of Topliss-reactive ketones (excluding diaryl/α,β-unsaturated/α-hetero) is 1. The predicted octanol–water partition coefficient (Wildman–Crippen LogP) is 1.81. The first-order valence-electron chi connectivity index (χ1n) is 4.37. The number of carbonyl (C=O) groups excluding carboxylic acids is 1. The van der Waals surface area contributed by atoms with Crippen molar-refractivity contribution < 1.29 is 4.79 Å². The lowest BCUT2D eigenvalue weighted by Crippen LogP contribution is -2.35. The molecule has 0 atom stereocenters. The largest absolute Gasteiger partial charge is 0.299 e. The Balaban J connectivity index is 2.64. The van der Waals surface area contributed by atoms with E-state index in [9.17, 15) is 4.79 Å². The summed E-state index contributed by atoms with van der Waals surface area (Å²) in [4.78, 5) is 11.2. The summed E-state index contributed by atoms with van der Waals surface area (Å²) in [6.45, 7) is 1.93. The third-order valence-electron chi connectivity index (χ3n) is 2.90. The number of carbonyl (C=O) groups is 1. The van der Waals surface area contributed by atoms with Crippen molar-refractivity contribution in [3.8, 4) is 0 Å². The first-order valence-corrected chi connectivity index (χ1v) is 4.37. The van der Waals surface area contributed by atoms with Crippen LogP contribution in [0.4, 0.5) is 0 Å². The molecule has 0 spiro atoms. The lowest BCUT2D eigenvalue weighted by Gasteiger charge is -2.33. The third kappa shape index (κ3) is 1.62. The molecule has 1 radical (unpaired) electrons. The molecule has 0 aliphatic heterocycles. The average Bonchev–Trinajstić information content (AvgIpc) is 2.05. The van der Waals surface area contributed by atoms with Gasteiger partial charge in [-0.2, -0.15) is 0 Å². The topological polar surface area (TPSA) is 40.9 Å². The molecule has 0 heterocycles. The molecule has 1 saturated carbocycles. The Labute approximate surface area is 68.2 Å². The van der Waals surface area contributed by atoms with Gasteiger partial charge < -0.3 is 0 Å². The fraction of sp³-hybridized carbons (Fsp3) is 0.889. The zero-order chi connectivity index (χ0) is 8.32. The Morgan fingerprint density at radius 1 is 1.36 bits per heavy atom. The standard InChI is InChI=1S/C9H16NO/c1-8(11)9(7-10)5-3-2-4-6-9/h10H,2-7H2,1H3. The van der Waals surface area contributed by atoms with Crippen LogP contribution in [0.3, 0.4) is 0 Å². The number of nitrogens with one attached hydrogen (secondary N) is 1. The van der Waals surface area contributed by atoms with Gasteiger partial charge in [0, 0.05) is 12.0 Å². The van der Waals surface area contributed by atoms with Crippen molar-refractivity contribution in [3.63, 3.8) is 0 Å². The number of hydrogen-bond donors (Lipinski definition) is 0. The lowest BCUT2D eigenvalue weighted by atomic mass is 9.71. The molecule has 1 aliphatic rings. The number of rotatable bonds is 2. The van der Waals surface area contributed by atoms with E-state index >= 15 is 0 Å². The van der Waals surface area contributed by atoms with Crippen LogP contribution < -0.4 is 5.73 Å². The van der Waals surface area contributed by atoms with Crippen LogP contribution in [-0.4, -0.2) is 12.3 Å². The molecule has 0 bridgehead atoms. The van der Waals surface area contributed by atoms with Crippen LogP contribution in [0, 0.1) is 5.41 Å². The number of hydrogen-bond acceptors (Lipinski definition) is 1. The summed E-state index contributed by atoms with van der Waals surface area (Å²) in [6.07, 6.45) is 5.42. The van der Waals surface area contributed by atoms with E-state index in [1.165, 1.54) is 6.42 Å². The Morgan fingerprint density at radius 2 is 1.91 bits per heavy atom. The van der Waals surface area contributed by atoms with Gasteiger partial charge in [0.25, 0.3) is 0 Å². The van der Waals surface area contributed by atoms with E-state index in [0.717, 1.165) is 25.7 Å². The fourth-order valence-corrected chi connectivity index (χ4v) is 1.88. The van der Waals surface area contributed by atoms with Gasteiger partial charge in [-0.15, -0.1) is 0 Å². The molecule has 0 saturated heterocycles. The lowest BCUT2D eigenvalue weighted by molar-refractivity contribution is -0.127. The molecule has 0 amide bonds. The van der Waals surface area contributed by atoms with Gasteiger partial charge in [-0.25, -0.2) is 0 Å². The maximum absolute atomic E-state index is 11.2. The molecule has 1 N–H and O–H groups in total. The van der Waals surface area contributed by atoms with Crippen LogP contribution in [0.1, 0.15) is 39.0 Å². The van der Waals surface area contributed by atoms with Crippen molar-refractivity contribution in [2.24, 2.45) is 5.41 Å². The van der Waals surface area contributed by atoms with Crippen LogP contribution in [0.25, 0.3) is 0 Å². The van der Waals surface area contributed by atoms with Gasteiger partial charge >= 0.3 is 0 Å². The Morgan fingerprint density at radius 3 is 2.18 bits per heavy atom. The second kappa shape index (κ2) is 3.35. The molecule has 11 heavy (non-hydrogen) atoms. The van der Waals surface area contributed by atoms with Gasteiger partial charge in [-0.05, 0) is 19.8 Å². The molecule has 63 valence electrons. The first-order chi connectivity index (χ1) is 5.21. The SMILES string of the molecule is CC(=O)C1(C[NH])CCCCC1. The maximum atomic E-state index is 11.2. The second-order valence-electron chi connectivity index (χ2n) is 3.57. The molecule has 0 aromatic rings. The minimum absolute atomic E-state index is 0.229. The molecule has 0 aromatic carbocycles. The van der Waals surface area contributed by atoms with Crippen LogP contribution in [0.2, 0.25) is 0 Å². The van der Waals surface area contributed by atoms with Gasteiger partial charge in [0.05, 0.1) is 0 Å². The van der Waals surface area contributed by atoms with E-state index in [2.05, 4.69) is 0 Å². The summed E-state index contributed by atoms with van der Waals surface area (Å²) in [5.74, 6) is 0.229. The second-order valence-corrected chi connectivity index (χ2v) is 3.57. The summed E-state index contributed by atoms with van der Waals surface area (Å²) >= 11 is 0. The summed E-state index contributed by atoms with van der Waals surface area (Å²) < 4.78 is 0. The van der Waals surface area contributed by atoms with Gasteiger partial charge in [-0.3, -0.25) is 10.5 Å². The summed E-state index contributed by atoms with van der Waals surface area (Å²) in [5.41, 5.74) is 7.10. The molecule has 2 nitrogen and oxygen atoms in total. The first kappa shape index (κ1) is 8.72. The molecular weight excluding hydrogens is 138 g/mol. The molecular formula is C9H16NO. The van der Waals surface area contributed by atoms with Crippen LogP contribution in [0.5, 0.6) is 0 Å². The van der Waals surface area contributed by atoms with E-state index in [1.54, 1.807) is 6.92 Å². The summed E-state index contributed by atoms with van der Waals surface area (Å²) in [5, 5.41) is 0. The fourth-order valence-electron chi connectivity index (χ4n) is 1.88. The highest BCUT2D eigenvalue weighted by Gasteiger charge is 2.35. The van der Waals surface area contributed by atoms with Crippen molar-refractivity contribution in [1.82, 2.24) is 5.73 Å². The molecule has 1 rings (SSSR count). The minimum Gasteiger partial charge on any atom is -0.299 e. The van der Waals surface area contributed by atoms with Crippen LogP contribution in [0.15, 0.2) is 0 Å². The van der Waals surface area contributed by atoms with Gasteiger partial charge in [-0.1, -0.05) is 19.3 Å². The monoisotopic (exact) mass is 154 g/mol. The van der Waals surface area contributed by atoms with Crippen molar-refractivity contribution in [2.45, 2.75) is 39.0 Å². The zero-order valence-electron chi connectivity index (χ0n) is 7.15. The van der Waals surface area contributed by atoms with Crippen molar-refractivity contribution in [2.75, 3.05) is 6.54 Å². The van der Waals surface area contributed by atoms with Gasteiger partial charge in [0.2, 0.25) is 0 Å². The minimum atomic E-state index is -0.252. The van der Waals surface area contributed by atoms with E-state index in [0.29, 0.717) is 6.54 Å². The summed E-state index contributed by atoms with van der Waals surface area (Å²) in [6, 6.07) is 0. The summed E-state index contributed by atoms with van der Waals surface area (Å²) in [7, 11) is 0. The van der Waals surface area contributed by atoms with Crippen LogP contribution in [-0.2, 0) is 4.79 Å². The normalized spacial score (nSPS) is 23.1. The molecule has 0 aromatic heterocycles. The Kier molecular flexibility index (Phi) is 2.66. The number of ketones is 1. The molecule has 0 unspecified atom stereocenters. The van der Waals surface area contributed by atoms with Gasteiger partial charge in [0.15, 0.2) is 0 Å². The maximum Gasteiger partial charge on any atom is 0.137 e. The molecule has 1 fully saturated rings. The highest BCUT2D eigenvalue weighted by atomic mass is 16.1. The average molecular weight is 154 g/mol. The highest BCUT2D eigenvalue weighted by Crippen LogP contribution is 2.36. The molecule has 1 aliphatic carbocycles. The predicted molar refractivity (Wildman–Crippen MR) is 44.2 cm³/mol. The van der Waals surface area contributed by atoms with E-state index in [4.69, 9.17) is 5.73 Å². The van der Waals surface area contributed by atoms with E-state index < -0.39 is 0 Å². The third-order valence-corrected chi connectivity index (χ3v) is 2.90. The smallest absolute Gasteiger partial charge is 0.137 e. The Bertz CT molecular complexity index is 148. The zero-order valence-corrected chi connectivity index (χ0v) is 7.15. The van der Waals surface area contributed by atoms with Gasteiger partial charge in [0.1, 0.15) is 5.78 Å². The van der Waals surface area contributed by atoms with Crippen molar-refractivity contribution in [1.29, 1.82) is 0 Å². The Hall–Kier alpha value is -0.370. The van der Waals surface area contributed by atoms with Crippen molar-refractivity contribution >= 4 is 5.78 Å². The van der Waals surface area contributed by atoms with Crippen molar-refractivity contribution in [3.05, 3.63) is 0 Å². The highest BCUT2D eigenvalue weighted by molar-refractivity contribution is 5.82. The van der Waals surface area contributed by atoms with E-state index in [1.807, 2.05) is 0 Å². The quantitative estimate of drug-likeness (QED) is 0.598. The van der Waals surface area contributed by atoms with Crippen LogP contribution >= 0.6 is 0 Å².